The van der Waals surface area contributed by atoms with E-state index in [0.717, 1.165) is 16.9 Å². The molecule has 0 radical (unpaired) electrons. The zero-order valence-electron chi connectivity index (χ0n) is 22.1. The Morgan fingerprint density at radius 1 is 0.846 bits per heavy atom. The Morgan fingerprint density at radius 2 is 1.36 bits per heavy atom. The molecular formula is C28H31N5O6. The number of H-pyrrole nitrogens is 2. The molecule has 0 unspecified atom stereocenters. The Labute approximate surface area is 226 Å². The number of carbonyl (C=O) groups is 2. The van der Waals surface area contributed by atoms with E-state index in [-0.39, 0.29) is 5.91 Å². The lowest BCUT2D eigenvalue weighted by Gasteiger charge is -2.26. The fourth-order valence-corrected chi connectivity index (χ4v) is 3.99. The van der Waals surface area contributed by atoms with Crippen LogP contribution >= 0.6 is 0 Å². The van der Waals surface area contributed by atoms with Crippen molar-refractivity contribution in [2.24, 2.45) is 0 Å². The van der Waals surface area contributed by atoms with Crippen molar-refractivity contribution < 1.29 is 28.5 Å². The van der Waals surface area contributed by atoms with Crippen LogP contribution in [0.25, 0.3) is 22.5 Å². The van der Waals surface area contributed by atoms with Crippen LogP contribution in [0, 0.1) is 0 Å². The predicted octanol–water partition coefficient (Wildman–Crippen LogP) is 3.82. The topological polar surface area (TPSA) is 132 Å². The minimum Gasteiger partial charge on any atom is -0.496 e. The fourth-order valence-electron chi connectivity index (χ4n) is 3.99. The van der Waals surface area contributed by atoms with Crippen molar-refractivity contribution in [1.29, 1.82) is 0 Å². The van der Waals surface area contributed by atoms with Gasteiger partial charge in [0.15, 0.2) is 0 Å². The van der Waals surface area contributed by atoms with Gasteiger partial charge in [-0.05, 0) is 43.3 Å². The van der Waals surface area contributed by atoms with E-state index in [1.54, 1.807) is 38.2 Å². The molecule has 204 valence electrons. The average molecular weight is 534 g/mol. The highest BCUT2D eigenvalue weighted by molar-refractivity contribution is 5.93. The van der Waals surface area contributed by atoms with E-state index in [1.165, 1.54) is 0 Å². The van der Waals surface area contributed by atoms with Crippen molar-refractivity contribution in [3.8, 4) is 34.0 Å². The minimum atomic E-state index is -0.411. The Balaban J connectivity index is 0.000000183. The first-order valence-electron chi connectivity index (χ1n) is 12.5. The lowest BCUT2D eigenvalue weighted by atomic mass is 10.1. The first-order chi connectivity index (χ1) is 19.0. The molecule has 1 amide bonds. The number of morpholine rings is 1. The van der Waals surface area contributed by atoms with Gasteiger partial charge >= 0.3 is 5.97 Å². The number of ether oxygens (including phenoxy) is 4. The summed E-state index contributed by atoms with van der Waals surface area (Å²) in [5.41, 5.74) is 3.85. The van der Waals surface area contributed by atoms with Gasteiger partial charge in [0.1, 0.15) is 22.9 Å². The second-order valence-corrected chi connectivity index (χ2v) is 8.36. The lowest BCUT2D eigenvalue weighted by molar-refractivity contribution is 0.0299. The van der Waals surface area contributed by atoms with Gasteiger partial charge in [-0.15, -0.1) is 0 Å². The Kier molecular flexibility index (Phi) is 9.30. The van der Waals surface area contributed by atoms with Crippen LogP contribution in [0.1, 0.15) is 27.9 Å². The molecule has 5 rings (SSSR count). The maximum Gasteiger partial charge on any atom is 0.356 e. The van der Waals surface area contributed by atoms with Crippen LogP contribution in [0.5, 0.6) is 11.5 Å². The van der Waals surface area contributed by atoms with Gasteiger partial charge < -0.3 is 23.8 Å². The smallest absolute Gasteiger partial charge is 0.356 e. The first kappa shape index (κ1) is 27.4. The second kappa shape index (κ2) is 13.2. The van der Waals surface area contributed by atoms with Crippen molar-refractivity contribution in [1.82, 2.24) is 25.3 Å². The molecule has 3 heterocycles. The van der Waals surface area contributed by atoms with Crippen molar-refractivity contribution >= 4 is 11.9 Å². The van der Waals surface area contributed by atoms with Crippen LogP contribution in [0.2, 0.25) is 0 Å². The van der Waals surface area contributed by atoms with E-state index in [2.05, 4.69) is 20.4 Å². The molecule has 11 nitrogen and oxygen atoms in total. The molecule has 1 aliphatic heterocycles. The second-order valence-electron chi connectivity index (χ2n) is 8.36. The number of nitrogens with zero attached hydrogens (tertiary/aromatic N) is 3. The highest BCUT2D eigenvalue weighted by Crippen LogP contribution is 2.29. The normalized spacial score (nSPS) is 12.7. The van der Waals surface area contributed by atoms with Gasteiger partial charge in [-0.3, -0.25) is 15.0 Å². The predicted molar refractivity (Wildman–Crippen MR) is 144 cm³/mol. The van der Waals surface area contributed by atoms with Gasteiger partial charge in [-0.1, -0.05) is 24.3 Å². The maximum absolute atomic E-state index is 12.4. The van der Waals surface area contributed by atoms with Crippen LogP contribution in [-0.2, 0) is 9.47 Å². The summed E-state index contributed by atoms with van der Waals surface area (Å²) < 4.78 is 20.7. The molecule has 1 saturated heterocycles. The highest BCUT2D eigenvalue weighted by Gasteiger charge is 2.21. The van der Waals surface area contributed by atoms with Crippen molar-refractivity contribution in [2.75, 3.05) is 47.1 Å². The summed E-state index contributed by atoms with van der Waals surface area (Å²) in [6.45, 7) is 4.49. The first-order valence-corrected chi connectivity index (χ1v) is 12.5. The van der Waals surface area contributed by atoms with Gasteiger partial charge in [-0.25, -0.2) is 4.79 Å². The Hall–Kier alpha value is -4.64. The van der Waals surface area contributed by atoms with E-state index in [0.29, 0.717) is 61.4 Å². The zero-order chi connectivity index (χ0) is 27.6. The van der Waals surface area contributed by atoms with Crippen LogP contribution in [0.15, 0.2) is 60.7 Å². The van der Waals surface area contributed by atoms with Crippen LogP contribution in [0.3, 0.4) is 0 Å². The van der Waals surface area contributed by atoms with E-state index in [1.807, 2.05) is 48.5 Å². The molecule has 0 atom stereocenters. The van der Waals surface area contributed by atoms with Crippen molar-refractivity contribution in [3.63, 3.8) is 0 Å². The number of para-hydroxylation sites is 2. The van der Waals surface area contributed by atoms with E-state index in [9.17, 15) is 9.59 Å². The van der Waals surface area contributed by atoms with Crippen LogP contribution < -0.4 is 9.47 Å². The summed E-state index contributed by atoms with van der Waals surface area (Å²) in [5, 5.41) is 13.8. The van der Waals surface area contributed by atoms with Gasteiger partial charge in [-0.2, -0.15) is 10.2 Å². The molecule has 0 saturated carbocycles. The number of hydrogen-bond donors (Lipinski definition) is 2. The molecule has 1 aliphatic rings. The molecule has 2 aromatic heterocycles. The number of nitrogens with one attached hydrogen (secondary N) is 2. The van der Waals surface area contributed by atoms with Gasteiger partial charge in [0.25, 0.3) is 5.91 Å². The quantitative estimate of drug-likeness (QED) is 0.343. The molecule has 4 aromatic rings. The largest absolute Gasteiger partial charge is 0.496 e. The average Bonchev–Trinajstić information content (AvgIpc) is 3.69. The van der Waals surface area contributed by atoms with Crippen molar-refractivity contribution in [3.05, 3.63) is 72.1 Å². The third-order valence-corrected chi connectivity index (χ3v) is 5.95. The summed E-state index contributed by atoms with van der Waals surface area (Å²) in [5.74, 6) is 0.979. The summed E-state index contributed by atoms with van der Waals surface area (Å²) in [7, 11) is 3.21. The molecule has 2 aromatic carbocycles. The lowest BCUT2D eigenvalue weighted by Crippen LogP contribution is -2.40. The van der Waals surface area contributed by atoms with E-state index >= 15 is 0 Å². The monoisotopic (exact) mass is 533 g/mol. The molecule has 0 aliphatic carbocycles. The van der Waals surface area contributed by atoms with Gasteiger partial charge in [0.05, 0.1) is 45.4 Å². The van der Waals surface area contributed by atoms with Crippen LogP contribution in [-0.4, -0.2) is 84.3 Å². The number of benzene rings is 2. The zero-order valence-corrected chi connectivity index (χ0v) is 22.1. The molecule has 1 fully saturated rings. The molecule has 11 heteroatoms. The van der Waals surface area contributed by atoms with Crippen molar-refractivity contribution in [2.45, 2.75) is 6.92 Å². The Morgan fingerprint density at radius 3 is 1.90 bits per heavy atom. The number of esters is 1. The van der Waals surface area contributed by atoms with Crippen LogP contribution in [0.4, 0.5) is 0 Å². The van der Waals surface area contributed by atoms with E-state index < -0.39 is 5.97 Å². The number of rotatable bonds is 7. The minimum absolute atomic E-state index is 0.0491. The number of carbonyl (C=O) groups excluding carboxylic acids is 2. The standard InChI is InChI=1S/C15H17N3O3.C13H14N2O3/c1-20-14-5-3-2-4-11(14)12-10-13(17-16-12)15(19)18-6-8-21-9-7-18;1-3-18-13(16)11-8-10(14-15-11)9-6-4-5-7-12(9)17-2/h2-5,10H,6-9H2,1H3,(H,16,17);4-8H,3H2,1-2H3,(H,14,15). The maximum atomic E-state index is 12.4. The summed E-state index contributed by atoms with van der Waals surface area (Å²) in [6.07, 6.45) is 0. The number of aromatic nitrogens is 4. The number of methoxy groups -OCH3 is 2. The third kappa shape index (κ3) is 6.63. The van der Waals surface area contributed by atoms with Gasteiger partial charge in [0.2, 0.25) is 0 Å². The van der Waals surface area contributed by atoms with E-state index in [4.69, 9.17) is 18.9 Å². The highest BCUT2D eigenvalue weighted by atomic mass is 16.5. The molecular weight excluding hydrogens is 502 g/mol. The summed E-state index contributed by atoms with van der Waals surface area (Å²) >= 11 is 0. The number of amides is 1. The number of aromatic amines is 2. The molecule has 0 bridgehead atoms. The summed E-state index contributed by atoms with van der Waals surface area (Å²) in [4.78, 5) is 25.7. The number of hydrogen-bond acceptors (Lipinski definition) is 8. The molecule has 2 N–H and O–H groups in total. The third-order valence-electron chi connectivity index (χ3n) is 5.95. The Bertz CT molecular complexity index is 1390. The molecule has 0 spiro atoms. The van der Waals surface area contributed by atoms with Gasteiger partial charge in [0, 0.05) is 24.2 Å². The molecule has 39 heavy (non-hydrogen) atoms. The fraction of sp³-hybridized carbons (Fsp3) is 0.286. The SMILES string of the molecule is CCOC(=O)c1cc(-c2ccccc2OC)n[nH]1.COc1ccccc1-c1cc(C(=O)N2CCOCC2)[nH]n1. The summed E-state index contributed by atoms with van der Waals surface area (Å²) in [6, 6.07) is 18.5.